The third-order valence-electron chi connectivity index (χ3n) is 4.70. The number of amides is 2. The summed E-state index contributed by atoms with van der Waals surface area (Å²) in [6.07, 6.45) is 0. The lowest BCUT2D eigenvalue weighted by molar-refractivity contribution is 0.0598. The van der Waals surface area contributed by atoms with E-state index in [1.807, 2.05) is 0 Å². The van der Waals surface area contributed by atoms with Crippen LogP contribution in [0.3, 0.4) is 0 Å². The van der Waals surface area contributed by atoms with Crippen LogP contribution >= 0.6 is 0 Å². The highest BCUT2D eigenvalue weighted by atomic mass is 32.2. The van der Waals surface area contributed by atoms with Gasteiger partial charge in [-0.1, -0.05) is 24.3 Å². The highest BCUT2D eigenvalue weighted by Crippen LogP contribution is 2.33. The Bertz CT molecular complexity index is 1230. The molecule has 2 amide bonds. The molecule has 28 heavy (non-hydrogen) atoms. The van der Waals surface area contributed by atoms with Gasteiger partial charge in [0.05, 0.1) is 24.1 Å². The minimum atomic E-state index is -4.51. The molecule has 0 radical (unpaired) electrons. The molecule has 0 saturated carbocycles. The minimum absolute atomic E-state index is 0.0214. The normalized spacial score (nSPS) is 13.9. The maximum Gasteiger partial charge on any atom is 0.294 e. The SMILES string of the molecule is COc1ccc(CN2C(=O)c3cccc4cc(S(=O)(=O)O)cc(c34)C2=O)cc1. The summed E-state index contributed by atoms with van der Waals surface area (Å²) < 4.78 is 37.7. The van der Waals surface area contributed by atoms with Crippen LogP contribution in [0.1, 0.15) is 26.3 Å². The summed E-state index contributed by atoms with van der Waals surface area (Å²) in [6.45, 7) is 0.0214. The van der Waals surface area contributed by atoms with Crippen LogP contribution in [0.2, 0.25) is 0 Å². The highest BCUT2D eigenvalue weighted by molar-refractivity contribution is 7.85. The van der Waals surface area contributed by atoms with Crippen molar-refractivity contribution in [3.63, 3.8) is 0 Å². The second-order valence-electron chi connectivity index (χ2n) is 6.39. The third kappa shape index (κ3) is 2.92. The minimum Gasteiger partial charge on any atom is -0.497 e. The summed E-state index contributed by atoms with van der Waals surface area (Å²) in [6, 6.07) is 14.1. The first-order valence-corrected chi connectivity index (χ1v) is 9.77. The summed E-state index contributed by atoms with van der Waals surface area (Å²) in [7, 11) is -2.97. The highest BCUT2D eigenvalue weighted by Gasteiger charge is 2.34. The Morgan fingerprint density at radius 3 is 2.29 bits per heavy atom. The van der Waals surface area contributed by atoms with Crippen LogP contribution in [0.25, 0.3) is 10.8 Å². The van der Waals surface area contributed by atoms with Crippen molar-refractivity contribution in [2.45, 2.75) is 11.4 Å². The average Bonchev–Trinajstić information content (AvgIpc) is 2.68. The number of ether oxygens (including phenoxy) is 1. The standard InChI is InChI=1S/C20H15NO6S/c1-27-14-7-5-12(6-8-14)11-21-19(22)16-4-2-3-13-9-15(28(24,25)26)10-17(18(13)16)20(21)23/h2-10H,11H2,1H3,(H,24,25,26). The number of hydrogen-bond acceptors (Lipinski definition) is 5. The molecule has 8 heteroatoms. The van der Waals surface area contributed by atoms with Crippen molar-refractivity contribution in [1.29, 1.82) is 0 Å². The Morgan fingerprint density at radius 2 is 1.64 bits per heavy atom. The topological polar surface area (TPSA) is 101 Å². The van der Waals surface area contributed by atoms with Crippen molar-refractivity contribution in [3.8, 4) is 5.75 Å². The van der Waals surface area contributed by atoms with E-state index in [1.54, 1.807) is 42.5 Å². The largest absolute Gasteiger partial charge is 0.497 e. The second kappa shape index (κ2) is 6.43. The second-order valence-corrected chi connectivity index (χ2v) is 7.82. The third-order valence-corrected chi connectivity index (χ3v) is 5.53. The molecule has 0 saturated heterocycles. The number of carbonyl (C=O) groups excluding carboxylic acids is 2. The van der Waals surface area contributed by atoms with Gasteiger partial charge in [-0.05, 0) is 41.3 Å². The van der Waals surface area contributed by atoms with Gasteiger partial charge >= 0.3 is 0 Å². The molecule has 4 rings (SSSR count). The Balaban J connectivity index is 1.84. The lowest BCUT2D eigenvalue weighted by Crippen LogP contribution is -2.39. The maximum atomic E-state index is 13.0. The zero-order valence-electron chi connectivity index (χ0n) is 14.7. The number of benzene rings is 3. The predicted molar refractivity (Wildman–Crippen MR) is 101 cm³/mol. The average molecular weight is 397 g/mol. The first-order chi connectivity index (χ1) is 13.3. The summed E-state index contributed by atoms with van der Waals surface area (Å²) in [5, 5.41) is 0.782. The Kier molecular flexibility index (Phi) is 4.17. The molecule has 0 unspecified atom stereocenters. The first kappa shape index (κ1) is 18.1. The van der Waals surface area contributed by atoms with Crippen LogP contribution in [-0.4, -0.2) is 36.8 Å². The van der Waals surface area contributed by atoms with Crippen molar-refractivity contribution < 1.29 is 27.3 Å². The number of rotatable bonds is 4. The van der Waals surface area contributed by atoms with E-state index < -0.39 is 21.9 Å². The van der Waals surface area contributed by atoms with Crippen molar-refractivity contribution in [1.82, 2.24) is 4.90 Å². The molecule has 1 aliphatic rings. The summed E-state index contributed by atoms with van der Waals surface area (Å²) in [4.78, 5) is 26.6. The first-order valence-electron chi connectivity index (χ1n) is 8.33. The molecule has 0 fully saturated rings. The monoisotopic (exact) mass is 397 g/mol. The van der Waals surface area contributed by atoms with Crippen LogP contribution in [-0.2, 0) is 16.7 Å². The quantitative estimate of drug-likeness (QED) is 0.537. The van der Waals surface area contributed by atoms with Crippen molar-refractivity contribution >= 4 is 32.7 Å². The molecule has 0 aliphatic carbocycles. The molecule has 0 bridgehead atoms. The van der Waals surface area contributed by atoms with Crippen molar-refractivity contribution in [3.05, 3.63) is 71.3 Å². The van der Waals surface area contributed by atoms with Gasteiger partial charge in [0.15, 0.2) is 0 Å². The lowest BCUT2D eigenvalue weighted by atomic mass is 9.94. The molecule has 1 N–H and O–H groups in total. The van der Waals surface area contributed by atoms with E-state index >= 15 is 0 Å². The molecule has 3 aromatic rings. The van der Waals surface area contributed by atoms with E-state index in [-0.39, 0.29) is 17.0 Å². The lowest BCUT2D eigenvalue weighted by Gasteiger charge is -2.27. The molecule has 0 atom stereocenters. The Labute approximate surface area is 160 Å². The number of nitrogens with zero attached hydrogens (tertiary/aromatic N) is 1. The van der Waals surface area contributed by atoms with Gasteiger partial charge in [0.25, 0.3) is 21.9 Å². The van der Waals surface area contributed by atoms with E-state index in [2.05, 4.69) is 0 Å². The molecule has 142 valence electrons. The van der Waals surface area contributed by atoms with Crippen LogP contribution in [0.15, 0.2) is 59.5 Å². The molecule has 0 spiro atoms. The van der Waals surface area contributed by atoms with Gasteiger partial charge in [-0.2, -0.15) is 8.42 Å². The summed E-state index contributed by atoms with van der Waals surface area (Å²) in [5.74, 6) is -0.429. The van der Waals surface area contributed by atoms with E-state index in [1.165, 1.54) is 13.2 Å². The van der Waals surface area contributed by atoms with Crippen molar-refractivity contribution in [2.24, 2.45) is 0 Å². The zero-order valence-corrected chi connectivity index (χ0v) is 15.6. The zero-order chi connectivity index (χ0) is 20.1. The fourth-order valence-corrected chi connectivity index (χ4v) is 3.88. The molecule has 3 aromatic carbocycles. The van der Waals surface area contributed by atoms with Crippen LogP contribution in [0.5, 0.6) is 5.75 Å². The molecule has 7 nitrogen and oxygen atoms in total. The number of methoxy groups -OCH3 is 1. The number of imide groups is 1. The van der Waals surface area contributed by atoms with Gasteiger partial charge in [-0.3, -0.25) is 19.0 Å². The number of hydrogen-bond donors (Lipinski definition) is 1. The van der Waals surface area contributed by atoms with E-state index in [4.69, 9.17) is 4.74 Å². The van der Waals surface area contributed by atoms with Crippen molar-refractivity contribution in [2.75, 3.05) is 7.11 Å². The molecular formula is C20H15NO6S. The van der Waals surface area contributed by atoms with Gasteiger partial charge in [0.2, 0.25) is 0 Å². The molecular weight excluding hydrogens is 382 g/mol. The molecule has 1 heterocycles. The van der Waals surface area contributed by atoms with Crippen LogP contribution in [0, 0.1) is 0 Å². The fourth-order valence-electron chi connectivity index (χ4n) is 3.34. The van der Waals surface area contributed by atoms with Crippen LogP contribution < -0.4 is 4.74 Å². The Morgan fingerprint density at radius 1 is 0.964 bits per heavy atom. The van der Waals surface area contributed by atoms with Gasteiger partial charge in [0, 0.05) is 10.9 Å². The summed E-state index contributed by atoms with van der Waals surface area (Å²) >= 11 is 0. The van der Waals surface area contributed by atoms with E-state index in [9.17, 15) is 22.6 Å². The predicted octanol–water partition coefficient (Wildman–Crippen LogP) is 2.89. The van der Waals surface area contributed by atoms with Gasteiger partial charge in [-0.15, -0.1) is 0 Å². The van der Waals surface area contributed by atoms with E-state index in [0.717, 1.165) is 11.0 Å². The smallest absolute Gasteiger partial charge is 0.294 e. The van der Waals surface area contributed by atoms with Gasteiger partial charge in [-0.25, -0.2) is 0 Å². The molecule has 0 aromatic heterocycles. The van der Waals surface area contributed by atoms with Gasteiger partial charge in [0.1, 0.15) is 5.75 Å². The number of carbonyl (C=O) groups is 2. The van der Waals surface area contributed by atoms with E-state index in [0.29, 0.717) is 27.6 Å². The fraction of sp³-hybridized carbons (Fsp3) is 0.100. The summed E-state index contributed by atoms with van der Waals surface area (Å²) in [5.41, 5.74) is 1.08. The maximum absolute atomic E-state index is 13.0. The molecule has 1 aliphatic heterocycles. The Hall–Kier alpha value is -3.23. The van der Waals surface area contributed by atoms with Crippen LogP contribution in [0.4, 0.5) is 0 Å². The van der Waals surface area contributed by atoms with Gasteiger partial charge < -0.3 is 4.74 Å².